The molecule has 0 radical (unpaired) electrons. The number of sulfonamides is 1. The fourth-order valence-corrected chi connectivity index (χ4v) is 5.40. The van der Waals surface area contributed by atoms with Gasteiger partial charge in [0.2, 0.25) is 10.0 Å². The summed E-state index contributed by atoms with van der Waals surface area (Å²) in [6.07, 6.45) is 4.25. The van der Waals surface area contributed by atoms with Crippen LogP contribution >= 0.6 is 0 Å². The van der Waals surface area contributed by atoms with Gasteiger partial charge in [0.25, 0.3) is 0 Å². The number of methoxy groups -OCH3 is 1. The van der Waals surface area contributed by atoms with Gasteiger partial charge in [-0.25, -0.2) is 8.42 Å². The maximum Gasteiger partial charge on any atom is 0.243 e. The van der Waals surface area contributed by atoms with Crippen molar-refractivity contribution in [3.63, 3.8) is 0 Å². The fourth-order valence-electron chi connectivity index (χ4n) is 3.71. The smallest absolute Gasteiger partial charge is 0.243 e. The Morgan fingerprint density at radius 1 is 1.00 bits per heavy atom. The summed E-state index contributed by atoms with van der Waals surface area (Å²) < 4.78 is 33.4. The first-order chi connectivity index (χ1) is 12.0. The van der Waals surface area contributed by atoms with Crippen LogP contribution in [-0.2, 0) is 10.0 Å². The Hall–Kier alpha value is -2.11. The lowest BCUT2D eigenvalue weighted by molar-refractivity contribution is 0.365. The predicted octanol–water partition coefficient (Wildman–Crippen LogP) is 3.55. The first-order valence-corrected chi connectivity index (χ1v) is 9.85. The molecule has 0 amide bonds. The van der Waals surface area contributed by atoms with Crippen LogP contribution in [0.4, 0.5) is 0 Å². The average Bonchev–Trinajstić information content (AvgIpc) is 2.86. The molecule has 1 aliphatic carbocycles. The zero-order chi connectivity index (χ0) is 17.6. The van der Waals surface area contributed by atoms with Crippen LogP contribution in [0.3, 0.4) is 0 Å². The van der Waals surface area contributed by atoms with Crippen LogP contribution in [0.5, 0.6) is 5.75 Å². The molecule has 2 aliphatic rings. The van der Waals surface area contributed by atoms with Gasteiger partial charge in [-0.2, -0.15) is 4.31 Å². The zero-order valence-corrected chi connectivity index (χ0v) is 15.1. The lowest BCUT2D eigenvalue weighted by Gasteiger charge is -2.29. The number of nitrogens with zero attached hydrogens (tertiary/aromatic N) is 1. The molecule has 0 aromatic heterocycles. The molecule has 25 heavy (non-hydrogen) atoms. The normalized spacial score (nSPS) is 25.4. The van der Waals surface area contributed by atoms with Gasteiger partial charge < -0.3 is 4.74 Å². The lowest BCUT2D eigenvalue weighted by Crippen LogP contribution is -2.32. The topological polar surface area (TPSA) is 46.6 Å². The third-order valence-corrected chi connectivity index (χ3v) is 7.09. The van der Waals surface area contributed by atoms with Crippen molar-refractivity contribution in [2.45, 2.75) is 17.9 Å². The fraction of sp³-hybridized carbons (Fsp3) is 0.300. The molecule has 2 aromatic carbocycles. The van der Waals surface area contributed by atoms with Crippen molar-refractivity contribution in [2.75, 3.05) is 13.7 Å². The van der Waals surface area contributed by atoms with E-state index >= 15 is 0 Å². The van der Waals surface area contributed by atoms with Crippen molar-refractivity contribution >= 4 is 10.0 Å². The summed E-state index contributed by atoms with van der Waals surface area (Å²) in [6, 6.07) is 14.6. The average molecular weight is 355 g/mol. The van der Waals surface area contributed by atoms with E-state index in [1.807, 2.05) is 43.3 Å². The van der Waals surface area contributed by atoms with E-state index in [-0.39, 0.29) is 12.0 Å². The molecule has 5 heteroatoms. The maximum absolute atomic E-state index is 13.2. The molecule has 130 valence electrons. The van der Waals surface area contributed by atoms with E-state index in [1.54, 1.807) is 23.5 Å². The van der Waals surface area contributed by atoms with Crippen molar-refractivity contribution in [1.29, 1.82) is 0 Å². The summed E-state index contributed by atoms with van der Waals surface area (Å²) in [4.78, 5) is 0.359. The van der Waals surface area contributed by atoms with Gasteiger partial charge in [-0.05, 0) is 42.7 Å². The molecule has 0 unspecified atom stereocenters. The molecule has 0 N–H and O–H groups in total. The first kappa shape index (κ1) is 16.4. The SMILES string of the molecule is COc1ccc([C@@H]2[C@H]3C=C[C@H]3CN2S(=O)(=O)c2ccc(C)cc2)cc1. The monoisotopic (exact) mass is 355 g/mol. The number of hydrogen-bond acceptors (Lipinski definition) is 3. The highest BCUT2D eigenvalue weighted by molar-refractivity contribution is 7.89. The minimum absolute atomic E-state index is 0.160. The molecule has 0 spiro atoms. The van der Waals surface area contributed by atoms with Crippen LogP contribution in [-0.4, -0.2) is 26.4 Å². The van der Waals surface area contributed by atoms with Gasteiger partial charge in [-0.1, -0.05) is 42.0 Å². The Morgan fingerprint density at radius 2 is 1.68 bits per heavy atom. The Bertz CT molecular complexity index is 901. The van der Waals surface area contributed by atoms with Crippen molar-refractivity contribution in [2.24, 2.45) is 11.8 Å². The maximum atomic E-state index is 13.2. The second-order valence-electron chi connectivity index (χ2n) is 6.73. The van der Waals surface area contributed by atoms with Crippen molar-refractivity contribution in [3.05, 3.63) is 71.8 Å². The highest BCUT2D eigenvalue weighted by Crippen LogP contribution is 2.49. The molecule has 1 aliphatic heterocycles. The summed E-state index contributed by atoms with van der Waals surface area (Å²) in [5, 5.41) is 0. The molecule has 2 aromatic rings. The van der Waals surface area contributed by atoms with Crippen molar-refractivity contribution in [3.8, 4) is 5.75 Å². The van der Waals surface area contributed by atoms with Gasteiger partial charge in [-0.15, -0.1) is 0 Å². The molecular formula is C20H21NO3S. The van der Waals surface area contributed by atoms with Gasteiger partial charge in [0.1, 0.15) is 5.75 Å². The molecular weight excluding hydrogens is 334 g/mol. The number of fused-ring (bicyclic) bond motifs is 1. The number of rotatable bonds is 4. The first-order valence-electron chi connectivity index (χ1n) is 8.41. The van der Waals surface area contributed by atoms with E-state index in [0.717, 1.165) is 16.9 Å². The van der Waals surface area contributed by atoms with Crippen LogP contribution in [0.25, 0.3) is 0 Å². The predicted molar refractivity (Wildman–Crippen MR) is 96.9 cm³/mol. The standard InChI is InChI=1S/C20H21NO3S/c1-14-3-10-18(11-4-14)25(22,23)21-13-16-7-12-19(16)20(21)15-5-8-17(24-2)9-6-15/h3-12,16,19-20H,13H2,1-2H3/t16-,19-,20+/m0/s1. The zero-order valence-electron chi connectivity index (χ0n) is 14.3. The van der Waals surface area contributed by atoms with Gasteiger partial charge >= 0.3 is 0 Å². The second kappa shape index (κ2) is 6.00. The molecule has 4 rings (SSSR count). The summed E-state index contributed by atoms with van der Waals surface area (Å²) in [7, 11) is -1.90. The molecule has 1 fully saturated rings. The Balaban J connectivity index is 1.73. The summed E-state index contributed by atoms with van der Waals surface area (Å²) >= 11 is 0. The molecule has 4 nitrogen and oxygen atoms in total. The number of hydrogen-bond donors (Lipinski definition) is 0. The van der Waals surface area contributed by atoms with Crippen molar-refractivity contribution < 1.29 is 13.2 Å². The Labute approximate surface area is 148 Å². The van der Waals surface area contributed by atoms with E-state index in [1.165, 1.54) is 0 Å². The number of ether oxygens (including phenoxy) is 1. The molecule has 0 bridgehead atoms. The van der Waals surface area contributed by atoms with E-state index in [4.69, 9.17) is 4.74 Å². The third kappa shape index (κ3) is 2.68. The summed E-state index contributed by atoms with van der Waals surface area (Å²) in [6.45, 7) is 2.49. The van der Waals surface area contributed by atoms with Gasteiger partial charge in [0, 0.05) is 12.5 Å². The number of benzene rings is 2. The Morgan fingerprint density at radius 3 is 2.24 bits per heavy atom. The largest absolute Gasteiger partial charge is 0.497 e. The van der Waals surface area contributed by atoms with E-state index in [0.29, 0.717) is 17.4 Å². The highest BCUT2D eigenvalue weighted by Gasteiger charge is 2.49. The molecule has 1 saturated heterocycles. The van der Waals surface area contributed by atoms with Crippen molar-refractivity contribution in [1.82, 2.24) is 4.31 Å². The van der Waals surface area contributed by atoms with Gasteiger partial charge in [0.15, 0.2) is 0 Å². The van der Waals surface area contributed by atoms with Crippen LogP contribution in [0.15, 0.2) is 65.6 Å². The van der Waals surface area contributed by atoms with Crippen LogP contribution in [0, 0.1) is 18.8 Å². The Kier molecular flexibility index (Phi) is 3.93. The highest BCUT2D eigenvalue weighted by atomic mass is 32.2. The summed E-state index contributed by atoms with van der Waals surface area (Å²) in [5.74, 6) is 1.32. The minimum atomic E-state index is -3.53. The van der Waals surface area contributed by atoms with Gasteiger partial charge in [-0.3, -0.25) is 0 Å². The van der Waals surface area contributed by atoms with E-state index in [9.17, 15) is 8.42 Å². The van der Waals surface area contributed by atoms with E-state index in [2.05, 4.69) is 12.2 Å². The molecule has 1 heterocycles. The van der Waals surface area contributed by atoms with Crippen LogP contribution in [0.2, 0.25) is 0 Å². The second-order valence-corrected chi connectivity index (χ2v) is 8.62. The summed E-state index contributed by atoms with van der Waals surface area (Å²) in [5.41, 5.74) is 2.06. The van der Waals surface area contributed by atoms with Crippen LogP contribution in [0.1, 0.15) is 17.2 Å². The molecule has 0 saturated carbocycles. The van der Waals surface area contributed by atoms with Gasteiger partial charge in [0.05, 0.1) is 18.0 Å². The number of aryl methyl sites for hydroxylation is 1. The third-order valence-electron chi connectivity index (χ3n) is 5.23. The lowest BCUT2D eigenvalue weighted by atomic mass is 9.79. The van der Waals surface area contributed by atoms with E-state index < -0.39 is 10.0 Å². The quantitative estimate of drug-likeness (QED) is 0.788. The minimum Gasteiger partial charge on any atom is -0.497 e. The molecule has 3 atom stereocenters. The van der Waals surface area contributed by atoms with Crippen LogP contribution < -0.4 is 4.74 Å².